The zero-order chi connectivity index (χ0) is 9.28. The van der Waals surface area contributed by atoms with Crippen LogP contribution in [0.15, 0.2) is 0 Å². The summed E-state index contributed by atoms with van der Waals surface area (Å²) in [5.74, 6) is -0.822. The number of carbonyl (C=O) groups is 2. The smallest absolute Gasteiger partial charge is 0.317 e. The Morgan fingerprint density at radius 2 is 2.00 bits per heavy atom. The van der Waals surface area contributed by atoms with Gasteiger partial charge in [0.05, 0.1) is 6.54 Å². The third kappa shape index (κ3) is 27.9. The standard InChI is InChI=1S/C3H7NO2.C3H7NO/c1-4-2-3(5)6;1-4(2)3-5/h4H,2H2,1H3,(H,5,6);3H,1-2H3. The number of nitrogens with zero attached hydrogens (tertiary/aromatic N) is 1. The van der Waals surface area contributed by atoms with Gasteiger partial charge in [-0.15, -0.1) is 0 Å². The van der Waals surface area contributed by atoms with E-state index in [-0.39, 0.29) is 6.54 Å². The minimum Gasteiger partial charge on any atom is -0.480 e. The van der Waals surface area contributed by atoms with Gasteiger partial charge in [0, 0.05) is 14.1 Å². The van der Waals surface area contributed by atoms with Crippen molar-refractivity contribution in [3.05, 3.63) is 0 Å². The Hall–Kier alpha value is -1.10. The molecule has 11 heavy (non-hydrogen) atoms. The van der Waals surface area contributed by atoms with Crippen molar-refractivity contribution in [1.82, 2.24) is 10.2 Å². The van der Waals surface area contributed by atoms with E-state index in [2.05, 4.69) is 5.32 Å². The molecule has 66 valence electrons. The predicted molar refractivity (Wildman–Crippen MR) is 41.3 cm³/mol. The molecule has 0 aliphatic rings. The molecule has 0 rings (SSSR count). The minimum atomic E-state index is -0.822. The molecule has 5 heteroatoms. The summed E-state index contributed by atoms with van der Waals surface area (Å²) in [6.45, 7) is 0.0417. The van der Waals surface area contributed by atoms with Gasteiger partial charge in [0.1, 0.15) is 0 Å². The minimum absolute atomic E-state index is 0.0417. The molecule has 0 radical (unpaired) electrons. The van der Waals surface area contributed by atoms with E-state index < -0.39 is 5.97 Å². The number of carboxylic acid groups (broad SMARTS) is 1. The monoisotopic (exact) mass is 162 g/mol. The van der Waals surface area contributed by atoms with Gasteiger partial charge in [-0.2, -0.15) is 0 Å². The molecule has 0 bridgehead atoms. The van der Waals surface area contributed by atoms with Gasteiger partial charge in [0.15, 0.2) is 0 Å². The molecule has 0 aliphatic carbocycles. The molecule has 0 saturated carbocycles. The zero-order valence-corrected chi connectivity index (χ0v) is 7.00. The van der Waals surface area contributed by atoms with Gasteiger partial charge in [-0.3, -0.25) is 9.59 Å². The summed E-state index contributed by atoms with van der Waals surface area (Å²) in [5.41, 5.74) is 0. The van der Waals surface area contributed by atoms with E-state index >= 15 is 0 Å². The predicted octanol–water partition coefficient (Wildman–Crippen LogP) is -1.01. The normalized spacial score (nSPS) is 7.55. The maximum absolute atomic E-state index is 9.54. The molecular formula is C6H14N2O3. The average Bonchev–Trinajstić information content (AvgIpc) is 1.89. The van der Waals surface area contributed by atoms with E-state index in [1.807, 2.05) is 0 Å². The molecule has 1 amide bonds. The number of hydrogen-bond acceptors (Lipinski definition) is 3. The third-order valence-electron chi connectivity index (χ3n) is 0.539. The van der Waals surface area contributed by atoms with E-state index in [9.17, 15) is 9.59 Å². The quantitative estimate of drug-likeness (QED) is 0.522. The topological polar surface area (TPSA) is 69.6 Å². The van der Waals surface area contributed by atoms with Crippen molar-refractivity contribution in [3.63, 3.8) is 0 Å². The summed E-state index contributed by atoms with van der Waals surface area (Å²) in [6, 6.07) is 0. The van der Waals surface area contributed by atoms with E-state index in [0.717, 1.165) is 6.41 Å². The number of rotatable bonds is 3. The molecule has 0 aromatic heterocycles. The highest BCUT2D eigenvalue weighted by atomic mass is 16.4. The van der Waals surface area contributed by atoms with Crippen molar-refractivity contribution in [2.24, 2.45) is 0 Å². The second-order valence-electron chi connectivity index (χ2n) is 1.99. The lowest BCUT2D eigenvalue weighted by Crippen LogP contribution is -2.16. The summed E-state index contributed by atoms with van der Waals surface area (Å²) in [7, 11) is 4.97. The maximum atomic E-state index is 9.54. The fourth-order valence-corrected chi connectivity index (χ4v) is 0.151. The van der Waals surface area contributed by atoms with E-state index in [4.69, 9.17) is 5.11 Å². The van der Waals surface area contributed by atoms with E-state index in [1.165, 1.54) is 4.90 Å². The maximum Gasteiger partial charge on any atom is 0.317 e. The van der Waals surface area contributed by atoms with Crippen molar-refractivity contribution >= 4 is 12.4 Å². The lowest BCUT2D eigenvalue weighted by atomic mass is 10.7. The van der Waals surface area contributed by atoms with Crippen LogP contribution in [-0.4, -0.2) is 50.1 Å². The molecule has 2 N–H and O–H groups in total. The van der Waals surface area contributed by atoms with Gasteiger partial charge in [-0.1, -0.05) is 0 Å². The Bertz CT molecular complexity index is 114. The highest BCUT2D eigenvalue weighted by Crippen LogP contribution is 1.52. The van der Waals surface area contributed by atoms with Crippen LogP contribution >= 0.6 is 0 Å². The summed E-state index contributed by atoms with van der Waals surface area (Å²) < 4.78 is 0. The molecule has 0 spiro atoms. The first-order valence-corrected chi connectivity index (χ1v) is 3.02. The number of carbonyl (C=O) groups excluding carboxylic acids is 1. The van der Waals surface area contributed by atoms with Crippen molar-refractivity contribution in [2.75, 3.05) is 27.7 Å². The Labute approximate surface area is 66.0 Å². The fraction of sp³-hybridized carbons (Fsp3) is 0.667. The van der Waals surface area contributed by atoms with Gasteiger partial charge in [0.25, 0.3) is 0 Å². The Morgan fingerprint density at radius 1 is 1.64 bits per heavy atom. The number of hydrogen-bond donors (Lipinski definition) is 2. The van der Waals surface area contributed by atoms with Crippen LogP contribution in [0.2, 0.25) is 0 Å². The van der Waals surface area contributed by atoms with Crippen LogP contribution in [-0.2, 0) is 9.59 Å². The Morgan fingerprint density at radius 3 is 2.00 bits per heavy atom. The first-order valence-electron chi connectivity index (χ1n) is 3.02. The second kappa shape index (κ2) is 8.90. The Kier molecular flexibility index (Phi) is 10.2. The summed E-state index contributed by atoms with van der Waals surface area (Å²) in [4.78, 5) is 20.4. The number of amides is 1. The van der Waals surface area contributed by atoms with Gasteiger partial charge >= 0.3 is 5.97 Å². The molecule has 0 saturated heterocycles. The molecule has 0 atom stereocenters. The second-order valence-corrected chi connectivity index (χ2v) is 1.99. The van der Waals surface area contributed by atoms with Gasteiger partial charge in [-0.25, -0.2) is 0 Å². The molecule has 0 aromatic carbocycles. The molecule has 0 fully saturated rings. The molecule has 0 aliphatic heterocycles. The molecule has 5 nitrogen and oxygen atoms in total. The molecular weight excluding hydrogens is 148 g/mol. The van der Waals surface area contributed by atoms with Gasteiger partial charge < -0.3 is 15.3 Å². The number of carboxylic acids is 1. The van der Waals surface area contributed by atoms with Crippen LogP contribution in [0.25, 0.3) is 0 Å². The number of aliphatic carboxylic acids is 1. The van der Waals surface area contributed by atoms with Crippen molar-refractivity contribution < 1.29 is 14.7 Å². The van der Waals surface area contributed by atoms with Crippen molar-refractivity contribution in [2.45, 2.75) is 0 Å². The summed E-state index contributed by atoms with van der Waals surface area (Å²) >= 11 is 0. The first-order chi connectivity index (χ1) is 5.04. The number of likely N-dealkylation sites (N-methyl/N-ethyl adjacent to an activating group) is 1. The first kappa shape index (κ1) is 12.6. The van der Waals surface area contributed by atoms with Crippen LogP contribution in [0.5, 0.6) is 0 Å². The van der Waals surface area contributed by atoms with Gasteiger partial charge in [-0.05, 0) is 7.05 Å². The molecule has 0 unspecified atom stereocenters. The summed E-state index contributed by atoms with van der Waals surface area (Å²) in [5, 5.41) is 10.3. The van der Waals surface area contributed by atoms with Gasteiger partial charge in [0.2, 0.25) is 6.41 Å². The average molecular weight is 162 g/mol. The van der Waals surface area contributed by atoms with Crippen molar-refractivity contribution in [1.29, 1.82) is 0 Å². The molecule has 0 heterocycles. The largest absolute Gasteiger partial charge is 0.480 e. The van der Waals surface area contributed by atoms with Crippen LogP contribution < -0.4 is 5.32 Å². The van der Waals surface area contributed by atoms with Crippen LogP contribution in [0.4, 0.5) is 0 Å². The van der Waals surface area contributed by atoms with Crippen LogP contribution in [0.1, 0.15) is 0 Å². The highest BCUT2D eigenvalue weighted by molar-refractivity contribution is 5.68. The van der Waals surface area contributed by atoms with E-state index in [0.29, 0.717) is 0 Å². The third-order valence-corrected chi connectivity index (χ3v) is 0.539. The fourth-order valence-electron chi connectivity index (χ4n) is 0.151. The van der Waals surface area contributed by atoms with Crippen molar-refractivity contribution in [3.8, 4) is 0 Å². The zero-order valence-electron chi connectivity index (χ0n) is 7.00. The van der Waals surface area contributed by atoms with Crippen LogP contribution in [0.3, 0.4) is 0 Å². The van der Waals surface area contributed by atoms with Crippen LogP contribution in [0, 0.1) is 0 Å². The highest BCUT2D eigenvalue weighted by Gasteiger charge is 1.86. The Balaban J connectivity index is 0. The molecule has 0 aromatic rings. The van der Waals surface area contributed by atoms with E-state index in [1.54, 1.807) is 21.1 Å². The SMILES string of the molecule is CN(C)C=O.CNCC(=O)O. The lowest BCUT2D eigenvalue weighted by molar-refractivity contribution is -0.135. The summed E-state index contributed by atoms with van der Waals surface area (Å²) in [6.07, 6.45) is 0.750. The number of nitrogens with one attached hydrogen (secondary N) is 1. The lowest BCUT2D eigenvalue weighted by Gasteiger charge is -1.93.